The maximum absolute atomic E-state index is 11.3. The molecule has 0 saturated heterocycles. The molecule has 0 N–H and O–H groups in total. The summed E-state index contributed by atoms with van der Waals surface area (Å²) in [6, 6.07) is 4.28. The number of aryl methyl sites for hydroxylation is 1. The van der Waals surface area contributed by atoms with Crippen LogP contribution in [-0.4, -0.2) is 22.6 Å². The van der Waals surface area contributed by atoms with Crippen LogP contribution in [0.5, 0.6) is 0 Å². The van der Waals surface area contributed by atoms with Crippen molar-refractivity contribution in [2.45, 2.75) is 33.2 Å². The van der Waals surface area contributed by atoms with Crippen LogP contribution >= 0.6 is 22.7 Å². The maximum Gasteiger partial charge on any atom is 0.305 e. The Hall–Kier alpha value is -1.92. The Morgan fingerprint density at radius 2 is 2.17 bits per heavy atom. The summed E-state index contributed by atoms with van der Waals surface area (Å²) in [5.74, 6) is -0.155. The van der Waals surface area contributed by atoms with E-state index in [9.17, 15) is 4.79 Å². The van der Waals surface area contributed by atoms with Crippen molar-refractivity contribution in [2.24, 2.45) is 0 Å². The van der Waals surface area contributed by atoms with Gasteiger partial charge in [0.25, 0.3) is 0 Å². The van der Waals surface area contributed by atoms with E-state index < -0.39 is 0 Å². The van der Waals surface area contributed by atoms with Crippen LogP contribution in [0.3, 0.4) is 0 Å². The summed E-state index contributed by atoms with van der Waals surface area (Å²) in [4.78, 5) is 16.1. The molecule has 6 heteroatoms. The minimum absolute atomic E-state index is 0.155. The summed E-state index contributed by atoms with van der Waals surface area (Å²) >= 11 is 3.36. The molecule has 0 amide bonds. The number of rotatable bonds is 6. The Labute approximate surface area is 149 Å². The summed E-state index contributed by atoms with van der Waals surface area (Å²) in [6.45, 7) is 5.03. The first-order valence-electron chi connectivity index (χ1n) is 7.82. The molecule has 126 valence electrons. The Morgan fingerprint density at radius 1 is 1.33 bits per heavy atom. The van der Waals surface area contributed by atoms with Crippen LogP contribution in [0, 0.1) is 13.8 Å². The first kappa shape index (κ1) is 16.9. The van der Waals surface area contributed by atoms with Gasteiger partial charge < -0.3 is 9.30 Å². The number of hydrogen-bond donors (Lipinski definition) is 0. The lowest BCUT2D eigenvalue weighted by atomic mass is 10.2. The molecule has 24 heavy (non-hydrogen) atoms. The lowest BCUT2D eigenvalue weighted by Gasteiger charge is -2.09. The quantitative estimate of drug-likeness (QED) is 0.587. The zero-order valence-corrected chi connectivity index (χ0v) is 15.7. The van der Waals surface area contributed by atoms with Crippen molar-refractivity contribution in [1.82, 2.24) is 9.55 Å². The van der Waals surface area contributed by atoms with Crippen molar-refractivity contribution in [3.63, 3.8) is 0 Å². The van der Waals surface area contributed by atoms with Crippen molar-refractivity contribution in [1.29, 1.82) is 0 Å². The van der Waals surface area contributed by atoms with E-state index >= 15 is 0 Å². The Bertz CT molecular complexity index is 831. The predicted octanol–water partition coefficient (Wildman–Crippen LogP) is 4.91. The molecule has 0 atom stereocenters. The fourth-order valence-corrected chi connectivity index (χ4v) is 4.34. The fourth-order valence-electron chi connectivity index (χ4n) is 2.80. The van der Waals surface area contributed by atoms with Gasteiger partial charge in [-0.3, -0.25) is 4.79 Å². The molecule has 0 aliphatic heterocycles. The predicted molar refractivity (Wildman–Crippen MR) is 99.6 cm³/mol. The molecule has 0 radical (unpaired) electrons. The Kier molecular flexibility index (Phi) is 5.16. The van der Waals surface area contributed by atoms with Crippen molar-refractivity contribution < 1.29 is 9.53 Å². The van der Waals surface area contributed by atoms with Gasteiger partial charge in [-0.15, -0.1) is 11.3 Å². The van der Waals surface area contributed by atoms with Gasteiger partial charge in [-0.25, -0.2) is 4.98 Å². The second-order valence-corrected chi connectivity index (χ2v) is 7.30. The van der Waals surface area contributed by atoms with Crippen molar-refractivity contribution in [2.75, 3.05) is 7.11 Å². The summed E-state index contributed by atoms with van der Waals surface area (Å²) in [7, 11) is 1.43. The van der Waals surface area contributed by atoms with Gasteiger partial charge in [0.05, 0.1) is 12.8 Å². The van der Waals surface area contributed by atoms with E-state index in [1.54, 1.807) is 22.7 Å². The van der Waals surface area contributed by atoms with Gasteiger partial charge in [0.15, 0.2) is 0 Å². The Morgan fingerprint density at radius 3 is 2.88 bits per heavy atom. The normalized spacial score (nSPS) is 11.0. The molecular formula is C18H20N2O2S2. The first-order chi connectivity index (χ1) is 11.6. The number of ether oxygens (including phenoxy) is 1. The summed E-state index contributed by atoms with van der Waals surface area (Å²) < 4.78 is 6.96. The van der Waals surface area contributed by atoms with Gasteiger partial charge in [-0.2, -0.15) is 11.3 Å². The highest BCUT2D eigenvalue weighted by molar-refractivity contribution is 7.14. The minimum atomic E-state index is -0.155. The monoisotopic (exact) mass is 360 g/mol. The molecule has 0 aromatic carbocycles. The average Bonchev–Trinajstić information content (AvgIpc) is 3.29. The molecule has 3 heterocycles. The van der Waals surface area contributed by atoms with Crippen LogP contribution in [0.4, 0.5) is 0 Å². The highest BCUT2D eigenvalue weighted by atomic mass is 32.1. The number of esters is 1. The van der Waals surface area contributed by atoms with Crippen molar-refractivity contribution in [3.05, 3.63) is 39.7 Å². The highest BCUT2D eigenvalue weighted by Crippen LogP contribution is 2.33. The number of thiophene rings is 1. The van der Waals surface area contributed by atoms with E-state index in [0.29, 0.717) is 6.42 Å². The maximum atomic E-state index is 11.3. The number of carbonyl (C=O) groups is 1. The number of aromatic nitrogens is 2. The van der Waals surface area contributed by atoms with E-state index in [1.165, 1.54) is 29.6 Å². The zero-order chi connectivity index (χ0) is 17.1. The minimum Gasteiger partial charge on any atom is -0.469 e. The smallest absolute Gasteiger partial charge is 0.305 e. The molecule has 0 unspecified atom stereocenters. The number of nitrogens with zero attached hydrogens (tertiary/aromatic N) is 2. The third-order valence-electron chi connectivity index (χ3n) is 4.11. The van der Waals surface area contributed by atoms with E-state index in [-0.39, 0.29) is 5.97 Å². The third kappa shape index (κ3) is 3.44. The van der Waals surface area contributed by atoms with Gasteiger partial charge in [-0.1, -0.05) is 0 Å². The Balaban J connectivity index is 1.80. The van der Waals surface area contributed by atoms with Crippen molar-refractivity contribution >= 4 is 28.6 Å². The van der Waals surface area contributed by atoms with E-state index in [1.807, 2.05) is 0 Å². The van der Waals surface area contributed by atoms with Gasteiger partial charge in [0.1, 0.15) is 5.01 Å². The fraction of sp³-hybridized carbons (Fsp3) is 0.333. The summed E-state index contributed by atoms with van der Waals surface area (Å²) in [5.41, 5.74) is 5.76. The molecule has 4 nitrogen and oxygen atoms in total. The standard InChI is InChI=1S/C18H20N2O2S2/c1-12-9-15(13(2)20(12)7-4-5-17(21)22-3)16-11-24-18(19-16)14-6-8-23-10-14/h6,8-11H,4-5,7H2,1-3H3. The largest absolute Gasteiger partial charge is 0.469 e. The average molecular weight is 361 g/mol. The second-order valence-electron chi connectivity index (χ2n) is 5.67. The number of thiazole rings is 1. The molecule has 0 bridgehead atoms. The van der Waals surface area contributed by atoms with Crippen LogP contribution < -0.4 is 0 Å². The van der Waals surface area contributed by atoms with E-state index in [2.05, 4.69) is 46.7 Å². The number of carbonyl (C=O) groups excluding carboxylic acids is 1. The lowest BCUT2D eigenvalue weighted by molar-refractivity contribution is -0.140. The summed E-state index contributed by atoms with van der Waals surface area (Å²) in [6.07, 6.45) is 1.22. The van der Waals surface area contributed by atoms with Crippen LogP contribution in [0.2, 0.25) is 0 Å². The van der Waals surface area contributed by atoms with E-state index in [0.717, 1.165) is 23.7 Å². The third-order valence-corrected chi connectivity index (χ3v) is 5.69. The van der Waals surface area contributed by atoms with Crippen LogP contribution in [-0.2, 0) is 16.1 Å². The molecule has 0 fully saturated rings. The zero-order valence-electron chi connectivity index (χ0n) is 14.0. The number of hydrogen-bond acceptors (Lipinski definition) is 5. The molecular weight excluding hydrogens is 340 g/mol. The van der Waals surface area contributed by atoms with Gasteiger partial charge >= 0.3 is 5.97 Å². The van der Waals surface area contributed by atoms with E-state index in [4.69, 9.17) is 9.72 Å². The van der Waals surface area contributed by atoms with Gasteiger partial charge in [-0.05, 0) is 37.8 Å². The van der Waals surface area contributed by atoms with Gasteiger partial charge in [0, 0.05) is 46.2 Å². The second kappa shape index (κ2) is 7.32. The topological polar surface area (TPSA) is 44.1 Å². The molecule has 0 spiro atoms. The highest BCUT2D eigenvalue weighted by Gasteiger charge is 2.14. The number of methoxy groups -OCH3 is 1. The molecule has 3 rings (SSSR count). The molecule has 3 aromatic heterocycles. The van der Waals surface area contributed by atoms with Crippen LogP contribution in [0.25, 0.3) is 21.8 Å². The van der Waals surface area contributed by atoms with Crippen LogP contribution in [0.1, 0.15) is 24.2 Å². The molecule has 0 aliphatic rings. The molecule has 3 aromatic rings. The summed E-state index contributed by atoms with van der Waals surface area (Å²) in [5, 5.41) is 7.37. The SMILES string of the molecule is COC(=O)CCCn1c(C)cc(-c2csc(-c3ccsc3)n2)c1C. The van der Waals surface area contributed by atoms with Gasteiger partial charge in [0.2, 0.25) is 0 Å². The molecule has 0 saturated carbocycles. The van der Waals surface area contributed by atoms with Crippen molar-refractivity contribution in [3.8, 4) is 21.8 Å². The first-order valence-corrected chi connectivity index (χ1v) is 9.64. The van der Waals surface area contributed by atoms with Crippen LogP contribution in [0.15, 0.2) is 28.3 Å². The molecule has 0 aliphatic carbocycles. The lowest BCUT2D eigenvalue weighted by Crippen LogP contribution is -2.06.